The van der Waals surface area contributed by atoms with Gasteiger partial charge in [-0.05, 0) is 29.8 Å². The summed E-state index contributed by atoms with van der Waals surface area (Å²) in [6, 6.07) is 7.02. The molecule has 2 aromatic rings. The fourth-order valence-electron chi connectivity index (χ4n) is 1.93. The van der Waals surface area contributed by atoms with E-state index in [0.29, 0.717) is 5.56 Å². The molecule has 1 aromatic heterocycles. The second-order valence-corrected chi connectivity index (χ2v) is 4.81. The van der Waals surface area contributed by atoms with E-state index in [9.17, 15) is 9.18 Å². The Kier molecular flexibility index (Phi) is 4.05. The summed E-state index contributed by atoms with van der Waals surface area (Å²) in [6.45, 7) is 0.0894. The zero-order valence-corrected chi connectivity index (χ0v) is 11.5. The van der Waals surface area contributed by atoms with Gasteiger partial charge in [-0.2, -0.15) is 5.26 Å². The first-order valence-electron chi connectivity index (χ1n) is 5.84. The van der Waals surface area contributed by atoms with Crippen molar-refractivity contribution in [2.24, 2.45) is 5.73 Å². The molecule has 0 aliphatic carbocycles. The van der Waals surface area contributed by atoms with Crippen molar-refractivity contribution in [3.63, 3.8) is 0 Å². The van der Waals surface area contributed by atoms with Crippen LogP contribution in [0.5, 0.6) is 0 Å². The standard InChI is InChI=1S/C14H10ClFN4O/c15-10-4-12(14(19)21)13(18)20(7-10)6-9-1-8(5-17)2-11(16)3-9/h1-4,7,18H,6H2,(H2,19,21). The summed E-state index contributed by atoms with van der Waals surface area (Å²) < 4.78 is 14.8. The molecule has 0 radical (unpaired) electrons. The fourth-order valence-corrected chi connectivity index (χ4v) is 2.15. The highest BCUT2D eigenvalue weighted by Gasteiger charge is 2.09. The number of nitriles is 1. The van der Waals surface area contributed by atoms with Crippen LogP contribution in [0.2, 0.25) is 5.02 Å². The number of hydrogen-bond acceptors (Lipinski definition) is 3. The molecular formula is C14H10ClFN4O. The number of benzene rings is 1. The summed E-state index contributed by atoms with van der Waals surface area (Å²) in [6.07, 6.45) is 1.44. The Bertz CT molecular complexity index is 823. The van der Waals surface area contributed by atoms with Gasteiger partial charge in [0, 0.05) is 12.7 Å². The van der Waals surface area contributed by atoms with Gasteiger partial charge in [0.25, 0.3) is 5.91 Å². The topological polar surface area (TPSA) is 95.7 Å². The highest BCUT2D eigenvalue weighted by molar-refractivity contribution is 6.30. The van der Waals surface area contributed by atoms with Crippen molar-refractivity contribution >= 4 is 17.5 Å². The van der Waals surface area contributed by atoms with Gasteiger partial charge >= 0.3 is 0 Å². The first-order chi connectivity index (χ1) is 9.90. The number of amides is 1. The Balaban J connectivity index is 2.50. The van der Waals surface area contributed by atoms with Crippen molar-refractivity contribution in [1.82, 2.24) is 4.57 Å². The fraction of sp³-hybridized carbons (Fsp3) is 0.0714. The predicted molar refractivity (Wildman–Crippen MR) is 74.0 cm³/mol. The van der Waals surface area contributed by atoms with Crippen molar-refractivity contribution in [3.8, 4) is 6.07 Å². The van der Waals surface area contributed by atoms with Gasteiger partial charge in [0.05, 0.1) is 22.2 Å². The average Bonchev–Trinajstić information content (AvgIpc) is 2.41. The smallest absolute Gasteiger partial charge is 0.252 e. The largest absolute Gasteiger partial charge is 0.365 e. The van der Waals surface area contributed by atoms with Crippen LogP contribution in [0.4, 0.5) is 4.39 Å². The van der Waals surface area contributed by atoms with Gasteiger partial charge in [0.15, 0.2) is 0 Å². The van der Waals surface area contributed by atoms with Crippen LogP contribution in [0, 0.1) is 22.6 Å². The number of carbonyl (C=O) groups is 1. The minimum Gasteiger partial charge on any atom is -0.365 e. The summed E-state index contributed by atoms with van der Waals surface area (Å²) in [5.74, 6) is -1.32. The van der Waals surface area contributed by atoms with Crippen LogP contribution < -0.4 is 11.2 Å². The highest BCUT2D eigenvalue weighted by Crippen LogP contribution is 2.12. The van der Waals surface area contributed by atoms with E-state index in [-0.39, 0.29) is 28.2 Å². The number of pyridine rings is 1. The van der Waals surface area contributed by atoms with E-state index in [4.69, 9.17) is 28.0 Å². The van der Waals surface area contributed by atoms with Gasteiger partial charge in [-0.3, -0.25) is 10.2 Å². The molecule has 0 fully saturated rings. The van der Waals surface area contributed by atoms with Gasteiger partial charge in [-0.25, -0.2) is 4.39 Å². The normalized spacial score (nSPS) is 10.1. The monoisotopic (exact) mass is 304 g/mol. The van der Waals surface area contributed by atoms with Crippen molar-refractivity contribution < 1.29 is 9.18 Å². The molecule has 3 N–H and O–H groups in total. The molecule has 0 saturated carbocycles. The molecule has 0 bridgehead atoms. The number of nitrogens with two attached hydrogens (primary N) is 1. The molecule has 21 heavy (non-hydrogen) atoms. The summed E-state index contributed by atoms with van der Waals surface area (Å²) in [5, 5.41) is 17.0. The third-order valence-corrected chi connectivity index (χ3v) is 3.02. The molecular weight excluding hydrogens is 295 g/mol. The summed E-state index contributed by atoms with van der Waals surface area (Å²) in [7, 11) is 0. The lowest BCUT2D eigenvalue weighted by Crippen LogP contribution is -2.29. The molecule has 0 spiro atoms. The minimum absolute atomic E-state index is 0.0283. The molecule has 7 heteroatoms. The number of primary amides is 1. The zero-order valence-electron chi connectivity index (χ0n) is 10.7. The first kappa shape index (κ1) is 14.8. The summed E-state index contributed by atoms with van der Waals surface area (Å²) in [5.41, 5.74) is 5.67. The van der Waals surface area contributed by atoms with E-state index < -0.39 is 11.7 Å². The SMILES string of the molecule is N#Cc1cc(F)cc(Cn2cc(Cl)cc(C(N)=O)c2=N)c1. The molecule has 0 aliphatic rings. The number of hydrogen-bond donors (Lipinski definition) is 2. The maximum Gasteiger partial charge on any atom is 0.252 e. The third-order valence-electron chi connectivity index (χ3n) is 2.81. The molecule has 1 heterocycles. The number of carbonyl (C=O) groups excluding carboxylic acids is 1. The van der Waals surface area contributed by atoms with Crippen LogP contribution in [-0.4, -0.2) is 10.5 Å². The number of aromatic nitrogens is 1. The molecule has 106 valence electrons. The Morgan fingerprint density at radius 3 is 2.76 bits per heavy atom. The van der Waals surface area contributed by atoms with Crippen LogP contribution in [0.25, 0.3) is 0 Å². The van der Waals surface area contributed by atoms with E-state index in [1.165, 1.54) is 29.0 Å². The lowest BCUT2D eigenvalue weighted by molar-refractivity contribution is 0.0998. The molecule has 1 aromatic carbocycles. The van der Waals surface area contributed by atoms with Crippen LogP contribution in [0.1, 0.15) is 21.5 Å². The lowest BCUT2D eigenvalue weighted by atomic mass is 10.1. The first-order valence-corrected chi connectivity index (χ1v) is 6.22. The molecule has 2 rings (SSSR count). The third kappa shape index (κ3) is 3.27. The maximum absolute atomic E-state index is 13.4. The minimum atomic E-state index is -0.770. The van der Waals surface area contributed by atoms with Gasteiger partial charge in [-0.15, -0.1) is 0 Å². The van der Waals surface area contributed by atoms with Crippen molar-refractivity contribution in [1.29, 1.82) is 10.7 Å². The van der Waals surface area contributed by atoms with E-state index in [1.54, 1.807) is 0 Å². The Labute approximate surface area is 124 Å². The molecule has 0 saturated heterocycles. The van der Waals surface area contributed by atoms with Gasteiger partial charge in [-0.1, -0.05) is 11.6 Å². The Morgan fingerprint density at radius 2 is 2.14 bits per heavy atom. The second-order valence-electron chi connectivity index (χ2n) is 4.37. The Hall–Kier alpha value is -2.65. The number of nitrogens with one attached hydrogen (secondary N) is 1. The number of halogens is 2. The van der Waals surface area contributed by atoms with E-state index in [1.807, 2.05) is 6.07 Å². The number of nitrogens with zero attached hydrogens (tertiary/aromatic N) is 2. The quantitative estimate of drug-likeness (QED) is 0.904. The van der Waals surface area contributed by atoms with Crippen LogP contribution in [0.3, 0.4) is 0 Å². The van der Waals surface area contributed by atoms with Gasteiger partial charge in [0.2, 0.25) is 0 Å². The predicted octanol–water partition coefficient (Wildman–Crippen LogP) is 1.78. The van der Waals surface area contributed by atoms with E-state index in [2.05, 4.69) is 0 Å². The van der Waals surface area contributed by atoms with Crippen LogP contribution in [-0.2, 0) is 6.54 Å². The highest BCUT2D eigenvalue weighted by atomic mass is 35.5. The molecule has 5 nitrogen and oxygen atoms in total. The second kappa shape index (κ2) is 5.77. The lowest BCUT2D eigenvalue weighted by Gasteiger charge is -2.10. The number of rotatable bonds is 3. The van der Waals surface area contributed by atoms with E-state index in [0.717, 1.165) is 6.07 Å². The zero-order chi connectivity index (χ0) is 15.6. The average molecular weight is 305 g/mol. The summed E-state index contributed by atoms with van der Waals surface area (Å²) >= 11 is 5.88. The maximum atomic E-state index is 13.4. The Morgan fingerprint density at radius 1 is 1.43 bits per heavy atom. The van der Waals surface area contributed by atoms with Crippen molar-refractivity contribution in [3.05, 3.63) is 63.5 Å². The van der Waals surface area contributed by atoms with E-state index >= 15 is 0 Å². The molecule has 0 atom stereocenters. The molecule has 1 amide bonds. The van der Waals surface area contributed by atoms with Gasteiger partial charge in [0.1, 0.15) is 11.3 Å². The molecule has 0 aliphatic heterocycles. The van der Waals surface area contributed by atoms with Crippen molar-refractivity contribution in [2.45, 2.75) is 6.54 Å². The van der Waals surface area contributed by atoms with Crippen molar-refractivity contribution in [2.75, 3.05) is 0 Å². The summed E-state index contributed by atoms with van der Waals surface area (Å²) in [4.78, 5) is 11.3. The van der Waals surface area contributed by atoms with Gasteiger partial charge < -0.3 is 10.3 Å². The van der Waals surface area contributed by atoms with Crippen LogP contribution in [0.15, 0.2) is 30.5 Å². The molecule has 0 unspecified atom stereocenters. The van der Waals surface area contributed by atoms with Crippen LogP contribution >= 0.6 is 11.6 Å².